The Labute approximate surface area is 82.9 Å². The zero-order valence-corrected chi connectivity index (χ0v) is 8.43. The number of halogens is 2. The molecule has 0 spiro atoms. The van der Waals surface area contributed by atoms with Gasteiger partial charge in [0.2, 0.25) is 0 Å². The quantitative estimate of drug-likeness (QED) is 0.795. The van der Waals surface area contributed by atoms with Crippen molar-refractivity contribution in [2.75, 3.05) is 0 Å². The first-order chi connectivity index (χ1) is 6.49. The Hall–Kier alpha value is -0.960. The third kappa shape index (κ3) is 3.07. The molecule has 1 aromatic rings. The van der Waals surface area contributed by atoms with Crippen molar-refractivity contribution in [3.8, 4) is 0 Å². The Bertz CT molecular complexity index is 290. The van der Waals surface area contributed by atoms with Gasteiger partial charge in [-0.3, -0.25) is 0 Å². The molecule has 14 heavy (non-hydrogen) atoms. The van der Waals surface area contributed by atoms with Gasteiger partial charge in [-0.2, -0.15) is 0 Å². The number of hydrogen-bond donors (Lipinski definition) is 1. The second-order valence-corrected chi connectivity index (χ2v) is 3.94. The summed E-state index contributed by atoms with van der Waals surface area (Å²) in [5, 5.41) is 0. The van der Waals surface area contributed by atoms with E-state index in [-0.39, 0.29) is 6.04 Å². The summed E-state index contributed by atoms with van der Waals surface area (Å²) in [7, 11) is 0. The fraction of sp³-hybridized carbons (Fsp3) is 0.455. The van der Waals surface area contributed by atoms with E-state index in [4.69, 9.17) is 5.73 Å². The molecule has 0 aliphatic carbocycles. The van der Waals surface area contributed by atoms with Crippen LogP contribution >= 0.6 is 0 Å². The smallest absolute Gasteiger partial charge is 0.126 e. The average molecular weight is 199 g/mol. The molecule has 1 nitrogen and oxygen atoms in total. The maximum absolute atomic E-state index is 12.8. The van der Waals surface area contributed by atoms with Crippen LogP contribution < -0.4 is 5.73 Å². The van der Waals surface area contributed by atoms with Crippen LogP contribution in [0.15, 0.2) is 18.2 Å². The Balaban J connectivity index is 2.84. The van der Waals surface area contributed by atoms with E-state index >= 15 is 0 Å². The SMILES string of the molecule is CC(C)C[C@@H](N)c1cc(F)cc(F)c1. The van der Waals surface area contributed by atoms with Gasteiger partial charge in [0.1, 0.15) is 11.6 Å². The maximum Gasteiger partial charge on any atom is 0.126 e. The van der Waals surface area contributed by atoms with Crippen LogP contribution in [-0.4, -0.2) is 0 Å². The molecule has 0 aliphatic heterocycles. The summed E-state index contributed by atoms with van der Waals surface area (Å²) in [5.41, 5.74) is 6.32. The largest absolute Gasteiger partial charge is 0.324 e. The van der Waals surface area contributed by atoms with Crippen LogP contribution in [-0.2, 0) is 0 Å². The zero-order valence-electron chi connectivity index (χ0n) is 8.43. The molecule has 0 radical (unpaired) electrons. The fourth-order valence-corrected chi connectivity index (χ4v) is 1.43. The molecule has 0 heterocycles. The monoisotopic (exact) mass is 199 g/mol. The molecule has 3 heteroatoms. The number of hydrogen-bond acceptors (Lipinski definition) is 1. The van der Waals surface area contributed by atoms with Crippen molar-refractivity contribution < 1.29 is 8.78 Å². The van der Waals surface area contributed by atoms with E-state index in [2.05, 4.69) is 0 Å². The molecule has 0 aromatic heterocycles. The first kappa shape index (κ1) is 11.1. The predicted molar refractivity (Wildman–Crippen MR) is 52.7 cm³/mol. The van der Waals surface area contributed by atoms with Crippen molar-refractivity contribution in [1.29, 1.82) is 0 Å². The fourth-order valence-electron chi connectivity index (χ4n) is 1.43. The minimum atomic E-state index is -0.570. The highest BCUT2D eigenvalue weighted by atomic mass is 19.1. The molecule has 0 unspecified atom stereocenters. The lowest BCUT2D eigenvalue weighted by Gasteiger charge is -2.14. The van der Waals surface area contributed by atoms with Crippen LogP contribution in [0.25, 0.3) is 0 Å². The summed E-state index contributed by atoms with van der Waals surface area (Å²) >= 11 is 0. The van der Waals surface area contributed by atoms with Crippen LogP contribution in [0.1, 0.15) is 31.9 Å². The second kappa shape index (κ2) is 4.51. The van der Waals surface area contributed by atoms with E-state index in [1.807, 2.05) is 13.8 Å². The van der Waals surface area contributed by atoms with E-state index in [0.717, 1.165) is 12.5 Å². The number of nitrogens with two attached hydrogens (primary N) is 1. The van der Waals surface area contributed by atoms with Crippen LogP contribution in [0.2, 0.25) is 0 Å². The highest BCUT2D eigenvalue weighted by Crippen LogP contribution is 2.20. The van der Waals surface area contributed by atoms with Crippen LogP contribution in [0.5, 0.6) is 0 Å². The van der Waals surface area contributed by atoms with Gasteiger partial charge < -0.3 is 5.73 Å². The molecule has 1 atom stereocenters. The van der Waals surface area contributed by atoms with E-state index in [1.165, 1.54) is 12.1 Å². The minimum Gasteiger partial charge on any atom is -0.324 e. The molecule has 2 N–H and O–H groups in total. The van der Waals surface area contributed by atoms with Gasteiger partial charge >= 0.3 is 0 Å². The van der Waals surface area contributed by atoms with E-state index in [1.54, 1.807) is 0 Å². The highest BCUT2D eigenvalue weighted by Gasteiger charge is 2.10. The lowest BCUT2D eigenvalue weighted by atomic mass is 9.98. The van der Waals surface area contributed by atoms with Gasteiger partial charge in [-0.1, -0.05) is 13.8 Å². The van der Waals surface area contributed by atoms with Crippen LogP contribution in [0.3, 0.4) is 0 Å². The molecule has 0 aliphatic rings. The first-order valence-electron chi connectivity index (χ1n) is 4.70. The summed E-state index contributed by atoms with van der Waals surface area (Å²) in [6.45, 7) is 4.05. The van der Waals surface area contributed by atoms with Crippen LogP contribution in [0, 0.1) is 17.6 Å². The number of rotatable bonds is 3. The van der Waals surface area contributed by atoms with Crippen molar-refractivity contribution in [1.82, 2.24) is 0 Å². The van der Waals surface area contributed by atoms with Gasteiger partial charge in [0.25, 0.3) is 0 Å². The minimum absolute atomic E-state index is 0.291. The van der Waals surface area contributed by atoms with Gasteiger partial charge in [0.05, 0.1) is 0 Å². The van der Waals surface area contributed by atoms with Crippen LogP contribution in [0.4, 0.5) is 8.78 Å². The summed E-state index contributed by atoms with van der Waals surface area (Å²) < 4.78 is 25.7. The standard InChI is InChI=1S/C11H15F2N/c1-7(2)3-11(14)8-4-9(12)6-10(13)5-8/h4-7,11H,3,14H2,1-2H3/t11-/m1/s1. The molecule has 0 bridgehead atoms. The third-order valence-electron chi connectivity index (χ3n) is 2.04. The zero-order chi connectivity index (χ0) is 10.7. The van der Waals surface area contributed by atoms with Gasteiger partial charge in [0, 0.05) is 12.1 Å². The third-order valence-corrected chi connectivity index (χ3v) is 2.04. The Kier molecular flexibility index (Phi) is 3.58. The summed E-state index contributed by atoms with van der Waals surface area (Å²) in [5.74, 6) is -0.727. The topological polar surface area (TPSA) is 26.0 Å². The van der Waals surface area contributed by atoms with Crippen molar-refractivity contribution in [3.05, 3.63) is 35.4 Å². The van der Waals surface area contributed by atoms with E-state index in [9.17, 15) is 8.78 Å². The normalized spacial score (nSPS) is 13.3. The predicted octanol–water partition coefficient (Wildman–Crippen LogP) is 3.01. The van der Waals surface area contributed by atoms with E-state index < -0.39 is 11.6 Å². The number of benzene rings is 1. The molecular formula is C11H15F2N. The molecule has 0 amide bonds. The molecule has 0 saturated carbocycles. The van der Waals surface area contributed by atoms with Crippen molar-refractivity contribution in [3.63, 3.8) is 0 Å². The molecule has 78 valence electrons. The molecular weight excluding hydrogens is 184 g/mol. The molecule has 1 rings (SSSR count). The molecule has 0 fully saturated rings. The van der Waals surface area contributed by atoms with E-state index in [0.29, 0.717) is 11.5 Å². The summed E-state index contributed by atoms with van der Waals surface area (Å²) in [4.78, 5) is 0. The Morgan fingerprint density at radius 1 is 1.14 bits per heavy atom. The molecule has 1 aromatic carbocycles. The lowest BCUT2D eigenvalue weighted by molar-refractivity contribution is 0.502. The second-order valence-electron chi connectivity index (χ2n) is 3.94. The van der Waals surface area contributed by atoms with Gasteiger partial charge in [0.15, 0.2) is 0 Å². The Morgan fingerprint density at radius 3 is 2.07 bits per heavy atom. The Morgan fingerprint density at radius 2 is 1.64 bits per heavy atom. The van der Waals surface area contributed by atoms with Crippen molar-refractivity contribution in [2.24, 2.45) is 11.7 Å². The first-order valence-corrected chi connectivity index (χ1v) is 4.70. The summed E-state index contributed by atoms with van der Waals surface area (Å²) in [6, 6.07) is 3.14. The van der Waals surface area contributed by atoms with Crippen molar-refractivity contribution >= 4 is 0 Å². The van der Waals surface area contributed by atoms with Gasteiger partial charge in [-0.15, -0.1) is 0 Å². The van der Waals surface area contributed by atoms with Gasteiger partial charge in [-0.25, -0.2) is 8.78 Å². The lowest BCUT2D eigenvalue weighted by Crippen LogP contribution is -2.13. The highest BCUT2D eigenvalue weighted by molar-refractivity contribution is 5.21. The average Bonchev–Trinajstić information content (AvgIpc) is 2.00. The maximum atomic E-state index is 12.8. The summed E-state index contributed by atoms with van der Waals surface area (Å²) in [6.07, 6.45) is 0.725. The van der Waals surface area contributed by atoms with Crippen molar-refractivity contribution in [2.45, 2.75) is 26.3 Å². The molecule has 0 saturated heterocycles. The van der Waals surface area contributed by atoms with Gasteiger partial charge in [-0.05, 0) is 30.0 Å².